The number of benzene rings is 1. The summed E-state index contributed by atoms with van der Waals surface area (Å²) in [5, 5.41) is 46.7. The number of rotatable bonds is 5. The number of anilines is 1. The van der Waals surface area contributed by atoms with Gasteiger partial charge in [-0.3, -0.25) is 24.1 Å². The number of ketones is 2. The van der Waals surface area contributed by atoms with E-state index in [0.29, 0.717) is 16.8 Å². The molecule has 4 rings (SSSR count). The van der Waals surface area contributed by atoms with E-state index in [1.165, 1.54) is 19.0 Å². The highest BCUT2D eigenvalue weighted by Crippen LogP contribution is 2.58. The molecule has 1 aromatic rings. The zero-order chi connectivity index (χ0) is 32.7. The lowest BCUT2D eigenvalue weighted by molar-refractivity contribution is -0.180. The smallest absolute Gasteiger partial charge is 0.305 e. The highest BCUT2D eigenvalue weighted by Gasteiger charge is 2.68. The van der Waals surface area contributed by atoms with Gasteiger partial charge in [-0.2, -0.15) is 0 Å². The Morgan fingerprint density at radius 2 is 1.67 bits per heavy atom. The molecule has 0 aliphatic heterocycles. The number of fused-ring (bicyclic) bond motifs is 3. The van der Waals surface area contributed by atoms with Crippen molar-refractivity contribution >= 4 is 29.1 Å². The fraction of sp³-hybridized carbons (Fsp3) is 0.548. The number of hydrogen-bond donors (Lipinski definition) is 5. The first-order chi connectivity index (χ1) is 19.7. The Kier molecular flexibility index (Phi) is 7.73. The van der Waals surface area contributed by atoms with E-state index in [9.17, 15) is 39.6 Å². The molecule has 0 radical (unpaired) electrons. The molecule has 0 heterocycles. The molecule has 6 atom stereocenters. The number of esters is 1. The molecular formula is C31H41N3O9. The van der Waals surface area contributed by atoms with Crippen molar-refractivity contribution in [2.24, 2.45) is 17.6 Å². The molecule has 0 aromatic heterocycles. The van der Waals surface area contributed by atoms with E-state index in [4.69, 9.17) is 10.5 Å². The Morgan fingerprint density at radius 1 is 1.09 bits per heavy atom. The number of phenolic OH excluding ortho intramolecular Hbond substituents is 1. The number of amides is 1. The highest BCUT2D eigenvalue weighted by atomic mass is 16.5. The van der Waals surface area contributed by atoms with Gasteiger partial charge in [-0.05, 0) is 37.1 Å². The molecule has 0 spiro atoms. The summed E-state index contributed by atoms with van der Waals surface area (Å²) >= 11 is 0. The second-order valence-electron chi connectivity index (χ2n) is 13.1. The SMILES string of the molecule is CCC(=O)OC1C2C(=C(O)C3(O)C(=O)C(C(N)=O)=C(O)C(N(C)C)C13)C(=O)c1c(O)c(C(C)(C)C)cc(N(C)C)c1C2C. The first-order valence-electron chi connectivity index (χ1n) is 14.2. The molecule has 12 heteroatoms. The summed E-state index contributed by atoms with van der Waals surface area (Å²) < 4.78 is 5.91. The predicted molar refractivity (Wildman–Crippen MR) is 157 cm³/mol. The monoisotopic (exact) mass is 599 g/mol. The van der Waals surface area contributed by atoms with E-state index in [1.54, 1.807) is 38.9 Å². The van der Waals surface area contributed by atoms with Gasteiger partial charge in [-0.25, -0.2) is 0 Å². The molecule has 234 valence electrons. The van der Waals surface area contributed by atoms with Crippen molar-refractivity contribution in [1.82, 2.24) is 4.90 Å². The number of nitrogens with two attached hydrogens (primary N) is 1. The zero-order valence-electron chi connectivity index (χ0n) is 26.0. The molecule has 0 fully saturated rings. The van der Waals surface area contributed by atoms with Crippen LogP contribution in [-0.4, -0.2) is 94.7 Å². The van der Waals surface area contributed by atoms with Crippen LogP contribution in [-0.2, 0) is 24.5 Å². The fourth-order valence-electron chi connectivity index (χ4n) is 7.04. The molecule has 6 unspecified atom stereocenters. The first-order valence-corrected chi connectivity index (χ1v) is 14.2. The van der Waals surface area contributed by atoms with E-state index < -0.39 is 87.0 Å². The van der Waals surface area contributed by atoms with Gasteiger partial charge in [0, 0.05) is 43.3 Å². The van der Waals surface area contributed by atoms with Crippen LogP contribution < -0.4 is 10.6 Å². The van der Waals surface area contributed by atoms with Gasteiger partial charge in [0.25, 0.3) is 5.91 Å². The standard InChI is InChI=1S/C31H41N3O9/c1-10-15(35)43-26-17-12(2)16-14(33(6)7)11-13(30(3,4)5)23(36)18(16)24(37)19(17)27(39)31(42)21(26)22(34(8)9)25(38)20(28(31)40)29(32)41/h11-12,17,21-22,26,36,38-39,42H,10H2,1-9H3,(H2,32,41). The van der Waals surface area contributed by atoms with Gasteiger partial charge in [0.15, 0.2) is 11.4 Å². The van der Waals surface area contributed by atoms with Crippen molar-refractivity contribution in [3.63, 3.8) is 0 Å². The van der Waals surface area contributed by atoms with Gasteiger partial charge in [-0.15, -0.1) is 0 Å². The van der Waals surface area contributed by atoms with Gasteiger partial charge in [0.2, 0.25) is 5.78 Å². The zero-order valence-corrected chi connectivity index (χ0v) is 26.0. The number of likely N-dealkylation sites (N-methyl/N-ethyl adjacent to an activating group) is 1. The van der Waals surface area contributed by atoms with E-state index in [-0.39, 0.29) is 17.7 Å². The minimum absolute atomic E-state index is 0.0913. The van der Waals surface area contributed by atoms with Crippen molar-refractivity contribution < 1.29 is 44.3 Å². The molecule has 0 saturated heterocycles. The number of primary amides is 1. The lowest BCUT2D eigenvalue weighted by Crippen LogP contribution is -2.69. The van der Waals surface area contributed by atoms with Crippen molar-refractivity contribution in [3.05, 3.63) is 45.4 Å². The quantitative estimate of drug-likeness (QED) is 0.246. The topological polar surface area (TPSA) is 191 Å². The molecule has 1 amide bonds. The average molecular weight is 600 g/mol. The maximum Gasteiger partial charge on any atom is 0.305 e. The van der Waals surface area contributed by atoms with Crippen molar-refractivity contribution in [2.75, 3.05) is 33.1 Å². The average Bonchev–Trinajstić information content (AvgIpc) is 2.88. The molecular weight excluding hydrogens is 558 g/mol. The van der Waals surface area contributed by atoms with Gasteiger partial charge in [0.05, 0.1) is 17.5 Å². The van der Waals surface area contributed by atoms with Gasteiger partial charge in [-0.1, -0.05) is 34.6 Å². The second kappa shape index (κ2) is 10.4. The number of aliphatic hydroxyl groups is 3. The molecule has 1 aromatic carbocycles. The number of carbonyl (C=O) groups excluding carboxylic acids is 4. The van der Waals surface area contributed by atoms with E-state index in [1.807, 2.05) is 20.8 Å². The summed E-state index contributed by atoms with van der Waals surface area (Å²) in [4.78, 5) is 56.8. The highest BCUT2D eigenvalue weighted by molar-refractivity contribution is 6.25. The Morgan fingerprint density at radius 3 is 2.14 bits per heavy atom. The third-order valence-corrected chi connectivity index (χ3v) is 9.02. The molecule has 0 saturated carbocycles. The maximum absolute atomic E-state index is 14.5. The van der Waals surface area contributed by atoms with Gasteiger partial charge in [0.1, 0.15) is 28.9 Å². The number of nitrogens with zero attached hydrogens (tertiary/aromatic N) is 2. The summed E-state index contributed by atoms with van der Waals surface area (Å²) in [6.45, 7) is 8.88. The molecule has 3 aliphatic rings. The summed E-state index contributed by atoms with van der Waals surface area (Å²) in [7, 11) is 6.57. The van der Waals surface area contributed by atoms with Crippen molar-refractivity contribution in [3.8, 4) is 5.75 Å². The fourth-order valence-corrected chi connectivity index (χ4v) is 7.04. The normalized spacial score (nSPS) is 28.9. The first kappa shape index (κ1) is 32.0. The number of aromatic hydroxyl groups is 1. The Bertz CT molecular complexity index is 1500. The van der Waals surface area contributed by atoms with Crippen molar-refractivity contribution in [1.29, 1.82) is 0 Å². The van der Waals surface area contributed by atoms with Crippen LogP contribution in [0.25, 0.3) is 0 Å². The van der Waals surface area contributed by atoms with Crippen molar-refractivity contribution in [2.45, 2.75) is 70.1 Å². The number of Topliss-reactive ketones (excluding diaryl/α,β-unsaturated/α-hetero) is 2. The third-order valence-electron chi connectivity index (χ3n) is 9.02. The van der Waals surface area contributed by atoms with Crippen LogP contribution in [0.4, 0.5) is 5.69 Å². The third kappa shape index (κ3) is 4.41. The van der Waals surface area contributed by atoms with E-state index >= 15 is 0 Å². The Hall–Kier alpha value is -3.90. The van der Waals surface area contributed by atoms with E-state index in [0.717, 1.165) is 0 Å². The molecule has 3 aliphatic carbocycles. The van der Waals surface area contributed by atoms with Crippen LogP contribution in [0, 0.1) is 11.8 Å². The van der Waals surface area contributed by atoms with Crippen LogP contribution in [0.5, 0.6) is 5.75 Å². The Balaban J connectivity index is 2.18. The minimum atomic E-state index is -2.98. The van der Waals surface area contributed by atoms with Crippen LogP contribution in [0.3, 0.4) is 0 Å². The lowest BCUT2D eigenvalue weighted by atomic mass is 9.54. The molecule has 6 N–H and O–H groups in total. The van der Waals surface area contributed by atoms with Gasteiger partial charge < -0.3 is 35.8 Å². The van der Waals surface area contributed by atoms with Crippen LogP contribution in [0.1, 0.15) is 68.4 Å². The molecule has 0 bridgehead atoms. The van der Waals surface area contributed by atoms with E-state index in [2.05, 4.69) is 0 Å². The maximum atomic E-state index is 14.5. The lowest BCUT2D eigenvalue weighted by Gasteiger charge is -2.54. The van der Waals surface area contributed by atoms with Crippen LogP contribution >= 0.6 is 0 Å². The number of phenols is 1. The molecule has 43 heavy (non-hydrogen) atoms. The van der Waals surface area contributed by atoms with Crippen LogP contribution in [0.15, 0.2) is 28.7 Å². The minimum Gasteiger partial charge on any atom is -0.510 e. The number of aliphatic hydroxyl groups excluding tert-OH is 2. The van der Waals surface area contributed by atoms with Crippen LogP contribution in [0.2, 0.25) is 0 Å². The second-order valence-corrected chi connectivity index (χ2v) is 13.1. The number of ether oxygens (including phenoxy) is 1. The summed E-state index contributed by atoms with van der Waals surface area (Å²) in [6, 6.07) is 0.455. The number of carbonyl (C=O) groups is 4. The summed E-state index contributed by atoms with van der Waals surface area (Å²) in [5.41, 5.74) is 1.90. The summed E-state index contributed by atoms with van der Waals surface area (Å²) in [5.74, 6) is -9.82. The molecule has 12 nitrogen and oxygen atoms in total. The summed E-state index contributed by atoms with van der Waals surface area (Å²) in [6.07, 6.45) is -1.53. The largest absolute Gasteiger partial charge is 0.510 e. The predicted octanol–water partition coefficient (Wildman–Crippen LogP) is 1.98. The number of hydrogen-bond acceptors (Lipinski definition) is 11. The van der Waals surface area contributed by atoms with Gasteiger partial charge >= 0.3 is 5.97 Å². The Labute approximate surface area is 250 Å².